The Kier molecular flexibility index (Phi) is 6.74. The number of nitrogens with zero attached hydrogens (tertiary/aromatic N) is 1. The van der Waals surface area contributed by atoms with Gasteiger partial charge < -0.3 is 18.9 Å². The molecule has 5 rings (SSSR count). The molecule has 0 atom stereocenters. The first kappa shape index (κ1) is 26.2. The molecule has 0 radical (unpaired) electrons. The topological polar surface area (TPSA) is 95.9 Å². The normalized spacial score (nSPS) is 13.5. The Hall–Kier alpha value is -4.43. The molecule has 39 heavy (non-hydrogen) atoms. The highest BCUT2D eigenvalue weighted by Crippen LogP contribution is 2.40. The smallest absolute Gasteiger partial charge is 0.362 e. The number of hydrogen-bond donors (Lipinski definition) is 1. The molecule has 4 aromatic rings. The number of rotatable bonds is 7. The maximum absolute atomic E-state index is 13.5. The number of fused-ring (bicyclic) bond motifs is 5. The van der Waals surface area contributed by atoms with Gasteiger partial charge in [0.15, 0.2) is 11.4 Å². The van der Waals surface area contributed by atoms with Crippen LogP contribution in [-0.2, 0) is 20.9 Å². The van der Waals surface area contributed by atoms with Gasteiger partial charge in [0, 0.05) is 35.7 Å². The van der Waals surface area contributed by atoms with E-state index < -0.39 is 11.6 Å². The van der Waals surface area contributed by atoms with Crippen LogP contribution >= 0.6 is 0 Å². The van der Waals surface area contributed by atoms with Crippen LogP contribution in [0.25, 0.3) is 21.8 Å². The molecule has 200 valence electrons. The van der Waals surface area contributed by atoms with Crippen LogP contribution in [0.1, 0.15) is 52.6 Å². The molecule has 0 fully saturated rings. The Morgan fingerprint density at radius 1 is 1.08 bits per heavy atom. The number of methoxy groups -OCH3 is 1. The number of hydroxylamine groups is 1. The summed E-state index contributed by atoms with van der Waals surface area (Å²) in [4.78, 5) is 44.4. The van der Waals surface area contributed by atoms with Crippen LogP contribution in [-0.4, -0.2) is 41.4 Å². The van der Waals surface area contributed by atoms with Crippen molar-refractivity contribution in [2.75, 3.05) is 13.7 Å². The zero-order valence-corrected chi connectivity index (χ0v) is 22.6. The number of carbonyl (C=O) groups excluding carboxylic acids is 3. The molecule has 8 nitrogen and oxygen atoms in total. The summed E-state index contributed by atoms with van der Waals surface area (Å²) in [6.07, 6.45) is 1.54. The second kappa shape index (κ2) is 10.0. The average molecular weight is 527 g/mol. The fraction of sp³-hybridized carbons (Fsp3) is 0.258. The molecular weight excluding hydrogens is 496 g/mol. The lowest BCUT2D eigenvalue weighted by atomic mass is 9.97. The summed E-state index contributed by atoms with van der Waals surface area (Å²) in [6.45, 7) is 7.86. The zero-order chi connectivity index (χ0) is 27.9. The number of Topliss-reactive ketones (excluding diaryl/α,β-unsaturated/α-hetero) is 1. The molecule has 0 saturated carbocycles. The highest BCUT2D eigenvalue weighted by molar-refractivity contribution is 6.20. The number of nitrogens with one attached hydrogen (secondary N) is 1. The van der Waals surface area contributed by atoms with Crippen LogP contribution in [0, 0.1) is 6.92 Å². The predicted octanol–water partition coefficient (Wildman–Crippen LogP) is 5.29. The summed E-state index contributed by atoms with van der Waals surface area (Å²) in [7, 11) is 1.40. The van der Waals surface area contributed by atoms with E-state index in [4.69, 9.17) is 14.3 Å². The number of ether oxygens (including phenoxy) is 2. The standard InChI is InChI=1S/C31H30N2O6/c1-6-33-24-13-11-19(27(34)20-10-8-7-9-18(20)2)17-22(24)26-25(33)14-12-21-28(35)23(15-16-38-29(21)26)32-39-30(36)31(3,4)37-5/h7-15,17,32H,6,16H2,1-5H3. The molecule has 0 bridgehead atoms. The van der Waals surface area contributed by atoms with Crippen LogP contribution in [0.5, 0.6) is 5.75 Å². The van der Waals surface area contributed by atoms with Crippen LogP contribution in [0.3, 0.4) is 0 Å². The molecule has 1 aliphatic heterocycles. The minimum absolute atomic E-state index is 0.0691. The predicted molar refractivity (Wildman–Crippen MR) is 148 cm³/mol. The number of aromatic nitrogens is 1. The van der Waals surface area contributed by atoms with Gasteiger partial charge in [0.2, 0.25) is 5.78 Å². The second-order valence-corrected chi connectivity index (χ2v) is 9.92. The quantitative estimate of drug-likeness (QED) is 0.258. The van der Waals surface area contributed by atoms with Gasteiger partial charge in [-0.1, -0.05) is 24.3 Å². The van der Waals surface area contributed by atoms with Crippen molar-refractivity contribution in [3.05, 3.63) is 88.6 Å². The Balaban J connectivity index is 1.59. The maximum atomic E-state index is 13.5. The third kappa shape index (κ3) is 4.46. The monoisotopic (exact) mass is 526 g/mol. The number of carbonyl (C=O) groups is 3. The minimum atomic E-state index is -1.18. The Morgan fingerprint density at radius 2 is 1.82 bits per heavy atom. The fourth-order valence-electron chi connectivity index (χ4n) is 4.79. The Bertz CT molecular complexity index is 1680. The van der Waals surface area contributed by atoms with E-state index in [2.05, 4.69) is 10.0 Å². The van der Waals surface area contributed by atoms with Crippen molar-refractivity contribution < 1.29 is 28.7 Å². The van der Waals surface area contributed by atoms with E-state index in [0.29, 0.717) is 29.0 Å². The summed E-state index contributed by atoms with van der Waals surface area (Å²) in [5.74, 6) is -0.694. The third-order valence-corrected chi connectivity index (χ3v) is 7.21. The maximum Gasteiger partial charge on any atom is 0.362 e. The molecule has 1 aromatic heterocycles. The van der Waals surface area contributed by atoms with Gasteiger partial charge >= 0.3 is 5.97 Å². The molecule has 0 saturated heterocycles. The van der Waals surface area contributed by atoms with Gasteiger partial charge in [-0.25, -0.2) is 10.3 Å². The van der Waals surface area contributed by atoms with Gasteiger partial charge in [0.25, 0.3) is 0 Å². The van der Waals surface area contributed by atoms with E-state index >= 15 is 0 Å². The molecule has 3 aromatic carbocycles. The van der Waals surface area contributed by atoms with Gasteiger partial charge in [-0.3, -0.25) is 9.59 Å². The summed E-state index contributed by atoms with van der Waals surface area (Å²) in [6, 6.07) is 16.8. The molecule has 0 unspecified atom stereocenters. The lowest BCUT2D eigenvalue weighted by molar-refractivity contribution is -0.170. The highest BCUT2D eigenvalue weighted by Gasteiger charge is 2.31. The van der Waals surface area contributed by atoms with Crippen LogP contribution in [0.15, 0.2) is 66.4 Å². The zero-order valence-electron chi connectivity index (χ0n) is 22.6. The van der Waals surface area contributed by atoms with Crippen molar-refractivity contribution in [2.24, 2.45) is 0 Å². The minimum Gasteiger partial charge on any atom is -0.488 e. The van der Waals surface area contributed by atoms with Crippen molar-refractivity contribution in [3.63, 3.8) is 0 Å². The Labute approximate surface area is 226 Å². The first-order valence-electron chi connectivity index (χ1n) is 12.8. The largest absolute Gasteiger partial charge is 0.488 e. The van der Waals surface area contributed by atoms with Gasteiger partial charge in [0.05, 0.1) is 16.5 Å². The van der Waals surface area contributed by atoms with Crippen LogP contribution < -0.4 is 10.2 Å². The molecule has 1 N–H and O–H groups in total. The molecular formula is C31H30N2O6. The van der Waals surface area contributed by atoms with Crippen LogP contribution in [0.4, 0.5) is 0 Å². The molecule has 0 aliphatic carbocycles. The van der Waals surface area contributed by atoms with E-state index in [-0.39, 0.29) is 23.9 Å². The number of hydrogen-bond acceptors (Lipinski definition) is 7. The number of benzene rings is 3. The van der Waals surface area contributed by atoms with Crippen LogP contribution in [0.2, 0.25) is 0 Å². The van der Waals surface area contributed by atoms with Gasteiger partial charge in [-0.2, -0.15) is 0 Å². The number of allylic oxidation sites excluding steroid dienone is 1. The average Bonchev–Trinajstić information content (AvgIpc) is 3.17. The fourth-order valence-corrected chi connectivity index (χ4v) is 4.79. The molecule has 0 amide bonds. The SMILES string of the molecule is CCn1c2ccc(C(=O)c3ccccc3C)cc2c2c3c(ccc21)C(=O)C(NOC(=O)C(C)(C)OC)=CCO3. The van der Waals surface area contributed by atoms with Crippen molar-refractivity contribution in [2.45, 2.75) is 39.8 Å². The van der Waals surface area contributed by atoms with E-state index in [1.807, 2.05) is 62.4 Å². The summed E-state index contributed by atoms with van der Waals surface area (Å²) in [5.41, 5.74) is 5.65. The van der Waals surface area contributed by atoms with Crippen molar-refractivity contribution in [1.29, 1.82) is 0 Å². The number of ketones is 2. The van der Waals surface area contributed by atoms with Crippen molar-refractivity contribution in [3.8, 4) is 5.75 Å². The first-order chi connectivity index (χ1) is 18.7. The molecule has 0 spiro atoms. The van der Waals surface area contributed by atoms with E-state index in [1.165, 1.54) is 13.2 Å². The lowest BCUT2D eigenvalue weighted by Crippen LogP contribution is -2.39. The second-order valence-electron chi connectivity index (χ2n) is 9.92. The van der Waals surface area contributed by atoms with Crippen molar-refractivity contribution in [1.82, 2.24) is 10.0 Å². The molecule has 8 heteroatoms. The number of aryl methyl sites for hydroxylation is 2. The van der Waals surface area contributed by atoms with Crippen molar-refractivity contribution >= 4 is 39.3 Å². The molecule has 1 aliphatic rings. The van der Waals surface area contributed by atoms with E-state index in [1.54, 1.807) is 19.9 Å². The Morgan fingerprint density at radius 3 is 2.54 bits per heavy atom. The van der Waals surface area contributed by atoms with Gasteiger partial charge in [0.1, 0.15) is 18.1 Å². The van der Waals surface area contributed by atoms with Gasteiger partial charge in [-0.15, -0.1) is 0 Å². The van der Waals surface area contributed by atoms with Gasteiger partial charge in [-0.05, 0) is 69.7 Å². The van der Waals surface area contributed by atoms with E-state index in [0.717, 1.165) is 27.4 Å². The molecule has 2 heterocycles. The summed E-state index contributed by atoms with van der Waals surface area (Å²) in [5, 5.41) is 1.57. The summed E-state index contributed by atoms with van der Waals surface area (Å²) >= 11 is 0. The third-order valence-electron chi connectivity index (χ3n) is 7.21. The first-order valence-corrected chi connectivity index (χ1v) is 12.8. The summed E-state index contributed by atoms with van der Waals surface area (Å²) < 4.78 is 13.4. The lowest BCUT2D eigenvalue weighted by Gasteiger charge is -2.20. The van der Waals surface area contributed by atoms with E-state index in [9.17, 15) is 14.4 Å². The highest BCUT2D eigenvalue weighted by atomic mass is 16.7.